The van der Waals surface area contributed by atoms with Crippen LogP contribution in [-0.2, 0) is 14.8 Å². The number of hydrogen-bond donors (Lipinski definition) is 2. The predicted octanol–water partition coefficient (Wildman–Crippen LogP) is 1.56. The van der Waals surface area contributed by atoms with Crippen LogP contribution in [0.3, 0.4) is 0 Å². The van der Waals surface area contributed by atoms with Crippen molar-refractivity contribution < 1.29 is 22.8 Å². The second-order valence-corrected chi connectivity index (χ2v) is 9.30. The van der Waals surface area contributed by atoms with E-state index < -0.39 is 16.1 Å². The lowest BCUT2D eigenvalue weighted by Crippen LogP contribution is -2.42. The molecular weight excluding hydrogens is 420 g/mol. The number of hydrogen-bond acceptors (Lipinski definition) is 5. The zero-order chi connectivity index (χ0) is 22.2. The van der Waals surface area contributed by atoms with Crippen LogP contribution in [0.2, 0.25) is 0 Å². The van der Waals surface area contributed by atoms with Crippen molar-refractivity contribution in [3.8, 4) is 0 Å². The van der Waals surface area contributed by atoms with Crippen molar-refractivity contribution in [2.24, 2.45) is 0 Å². The molecule has 2 N–H and O–H groups in total. The number of carbonyl (C=O) groups excluding carboxylic acids is 3. The first-order valence-electron chi connectivity index (χ1n) is 9.83. The van der Waals surface area contributed by atoms with Gasteiger partial charge in [-0.3, -0.25) is 19.2 Å². The van der Waals surface area contributed by atoms with E-state index >= 15 is 0 Å². The largest absolute Gasteiger partial charge is 0.336 e. The van der Waals surface area contributed by atoms with Crippen molar-refractivity contribution in [2.45, 2.75) is 24.3 Å². The summed E-state index contributed by atoms with van der Waals surface area (Å²) < 4.78 is 27.6. The number of benzene rings is 2. The van der Waals surface area contributed by atoms with Crippen molar-refractivity contribution in [3.05, 3.63) is 59.7 Å². The molecule has 1 unspecified atom stereocenters. The molecule has 9 nitrogen and oxygen atoms in total. The van der Waals surface area contributed by atoms with Crippen molar-refractivity contribution in [1.29, 1.82) is 0 Å². The number of nitrogens with one attached hydrogen (secondary N) is 2. The Balaban J connectivity index is 1.42. The van der Waals surface area contributed by atoms with E-state index in [0.29, 0.717) is 24.2 Å². The Kier molecular flexibility index (Phi) is 5.40. The van der Waals surface area contributed by atoms with Crippen molar-refractivity contribution in [1.82, 2.24) is 15.1 Å². The van der Waals surface area contributed by atoms with Crippen LogP contribution in [0.25, 0.3) is 0 Å². The Morgan fingerprint density at radius 1 is 1.13 bits per heavy atom. The topological polar surface area (TPSA) is 116 Å². The maximum Gasteiger partial charge on any atom is 0.324 e. The molecule has 0 saturated carbocycles. The molecule has 4 amide bonds. The molecule has 31 heavy (non-hydrogen) atoms. The summed E-state index contributed by atoms with van der Waals surface area (Å²) in [5.41, 5.74) is 1.58. The first-order valence-corrected chi connectivity index (χ1v) is 11.3. The van der Waals surface area contributed by atoms with E-state index in [1.807, 2.05) is 13.0 Å². The maximum atomic E-state index is 12.8. The summed E-state index contributed by atoms with van der Waals surface area (Å²) in [4.78, 5) is 39.5. The Morgan fingerprint density at radius 3 is 2.52 bits per heavy atom. The lowest BCUT2D eigenvalue weighted by atomic mass is 10.2. The second kappa shape index (κ2) is 8.03. The fraction of sp³-hybridized carbons (Fsp3) is 0.286. The van der Waals surface area contributed by atoms with Gasteiger partial charge in [-0.15, -0.1) is 0 Å². The van der Waals surface area contributed by atoms with Gasteiger partial charge in [-0.1, -0.05) is 12.1 Å². The van der Waals surface area contributed by atoms with Crippen molar-refractivity contribution in [3.63, 3.8) is 0 Å². The number of carbonyl (C=O) groups is 3. The van der Waals surface area contributed by atoms with Gasteiger partial charge in [0.2, 0.25) is 5.91 Å². The van der Waals surface area contributed by atoms with Gasteiger partial charge in [0.1, 0.15) is 0 Å². The van der Waals surface area contributed by atoms with E-state index in [4.69, 9.17) is 0 Å². The molecule has 0 bridgehead atoms. The molecule has 1 atom stereocenters. The number of imide groups is 1. The van der Waals surface area contributed by atoms with Gasteiger partial charge in [-0.2, -0.15) is 0 Å². The van der Waals surface area contributed by atoms with E-state index in [9.17, 15) is 22.8 Å². The highest BCUT2D eigenvalue weighted by Crippen LogP contribution is 2.22. The third kappa shape index (κ3) is 4.24. The van der Waals surface area contributed by atoms with Gasteiger partial charge in [-0.25, -0.2) is 13.2 Å². The average molecular weight is 442 g/mol. The van der Waals surface area contributed by atoms with E-state index in [1.165, 1.54) is 23.1 Å². The Labute approximate surface area is 180 Å². The SMILES string of the molecule is Cc1cccc(S(=O)(=O)Nc2ccc(C(=O)N3CCC(N4C(=O)CNC4=O)C3)cc2)c1. The molecule has 0 spiro atoms. The summed E-state index contributed by atoms with van der Waals surface area (Å²) >= 11 is 0. The van der Waals surface area contributed by atoms with Gasteiger partial charge < -0.3 is 10.2 Å². The Bertz CT molecular complexity index is 1130. The summed E-state index contributed by atoms with van der Waals surface area (Å²) in [5, 5.41) is 2.49. The summed E-state index contributed by atoms with van der Waals surface area (Å²) in [6.45, 7) is 2.51. The highest BCUT2D eigenvalue weighted by atomic mass is 32.2. The zero-order valence-corrected chi connectivity index (χ0v) is 17.7. The molecule has 0 aromatic heterocycles. The lowest BCUT2D eigenvalue weighted by molar-refractivity contribution is -0.126. The van der Waals surface area contributed by atoms with Gasteiger partial charge in [-0.05, 0) is 55.3 Å². The summed E-state index contributed by atoms with van der Waals surface area (Å²) in [6, 6.07) is 12.0. The molecule has 10 heteroatoms. The third-order valence-corrected chi connectivity index (χ3v) is 6.76. The quantitative estimate of drug-likeness (QED) is 0.682. The monoisotopic (exact) mass is 442 g/mol. The molecule has 0 radical (unpaired) electrons. The molecule has 2 aromatic carbocycles. The normalized spacial score (nSPS) is 18.9. The number of aryl methyl sites for hydroxylation is 1. The Morgan fingerprint density at radius 2 is 1.87 bits per heavy atom. The Hall–Kier alpha value is -3.40. The highest BCUT2D eigenvalue weighted by Gasteiger charge is 2.39. The number of likely N-dealkylation sites (tertiary alicyclic amines) is 1. The number of amides is 4. The fourth-order valence-corrected chi connectivity index (χ4v) is 4.96. The van der Waals surface area contributed by atoms with E-state index in [0.717, 1.165) is 5.56 Å². The van der Waals surface area contributed by atoms with Crippen LogP contribution in [0.5, 0.6) is 0 Å². The van der Waals surface area contributed by atoms with Crippen LogP contribution in [-0.4, -0.2) is 61.7 Å². The van der Waals surface area contributed by atoms with Crippen LogP contribution in [0, 0.1) is 6.92 Å². The van der Waals surface area contributed by atoms with Gasteiger partial charge in [0.15, 0.2) is 0 Å². The molecule has 2 aliphatic heterocycles. The lowest BCUT2D eigenvalue weighted by Gasteiger charge is -2.21. The number of urea groups is 1. The maximum absolute atomic E-state index is 12.8. The van der Waals surface area contributed by atoms with Crippen LogP contribution in [0.4, 0.5) is 10.5 Å². The van der Waals surface area contributed by atoms with Crippen LogP contribution >= 0.6 is 0 Å². The van der Waals surface area contributed by atoms with Crippen molar-refractivity contribution >= 4 is 33.6 Å². The molecular formula is C21H22N4O5S. The van der Waals surface area contributed by atoms with Gasteiger partial charge in [0, 0.05) is 24.3 Å². The van der Waals surface area contributed by atoms with Gasteiger partial charge >= 0.3 is 6.03 Å². The summed E-state index contributed by atoms with van der Waals surface area (Å²) in [5.74, 6) is -0.516. The minimum Gasteiger partial charge on any atom is -0.336 e. The fourth-order valence-electron chi connectivity index (χ4n) is 3.80. The third-order valence-electron chi connectivity index (χ3n) is 5.38. The smallest absolute Gasteiger partial charge is 0.324 e. The number of nitrogens with zero attached hydrogens (tertiary/aromatic N) is 2. The van der Waals surface area contributed by atoms with Gasteiger partial charge in [0.05, 0.1) is 17.5 Å². The number of rotatable bonds is 5. The van der Waals surface area contributed by atoms with E-state index in [-0.39, 0.29) is 35.8 Å². The van der Waals surface area contributed by atoms with E-state index in [2.05, 4.69) is 10.0 Å². The molecule has 2 saturated heterocycles. The van der Waals surface area contributed by atoms with Crippen LogP contribution in [0.15, 0.2) is 53.4 Å². The minimum absolute atomic E-state index is 0.0107. The molecule has 162 valence electrons. The summed E-state index contributed by atoms with van der Waals surface area (Å²) in [7, 11) is -3.73. The van der Waals surface area contributed by atoms with Crippen LogP contribution in [0.1, 0.15) is 22.3 Å². The zero-order valence-electron chi connectivity index (χ0n) is 16.9. The second-order valence-electron chi connectivity index (χ2n) is 7.62. The van der Waals surface area contributed by atoms with Crippen LogP contribution < -0.4 is 10.0 Å². The number of anilines is 1. The standard InChI is InChI=1S/C21H22N4O5S/c1-14-3-2-4-18(11-14)31(29,30)23-16-7-5-15(6-8-16)20(27)24-10-9-17(13-24)25-19(26)12-22-21(25)28/h2-8,11,17,23H,9-10,12-13H2,1H3,(H,22,28). The first-order chi connectivity index (χ1) is 14.7. The molecule has 2 aromatic rings. The molecule has 2 aliphatic rings. The van der Waals surface area contributed by atoms with Crippen molar-refractivity contribution in [2.75, 3.05) is 24.4 Å². The molecule has 4 rings (SSSR count). The molecule has 2 fully saturated rings. The summed E-state index contributed by atoms with van der Waals surface area (Å²) in [6.07, 6.45) is 0.527. The van der Waals surface area contributed by atoms with Gasteiger partial charge in [0.25, 0.3) is 15.9 Å². The first kappa shape index (κ1) is 20.9. The predicted molar refractivity (Wildman–Crippen MR) is 113 cm³/mol. The molecule has 2 heterocycles. The number of sulfonamides is 1. The molecule has 0 aliphatic carbocycles. The average Bonchev–Trinajstić information content (AvgIpc) is 3.34. The highest BCUT2D eigenvalue weighted by molar-refractivity contribution is 7.92. The van der Waals surface area contributed by atoms with E-state index in [1.54, 1.807) is 29.2 Å². The minimum atomic E-state index is -3.73.